The fourth-order valence-electron chi connectivity index (χ4n) is 1.74. The molecule has 0 spiro atoms. The van der Waals surface area contributed by atoms with Gasteiger partial charge in [-0.15, -0.1) is 0 Å². The Morgan fingerprint density at radius 3 is 2.89 bits per heavy atom. The number of nitrogens with one attached hydrogen (secondary N) is 1. The number of ether oxygens (including phenoxy) is 1. The zero-order valence-electron chi connectivity index (χ0n) is 10.8. The van der Waals surface area contributed by atoms with Gasteiger partial charge >= 0.3 is 0 Å². The van der Waals surface area contributed by atoms with Gasteiger partial charge in [-0.3, -0.25) is 4.57 Å². The number of aryl methyl sites for hydroxylation is 1. The molecule has 102 valence electrons. The summed E-state index contributed by atoms with van der Waals surface area (Å²) in [6.45, 7) is 2.82. The van der Waals surface area contributed by atoms with Crippen molar-refractivity contribution in [3.8, 4) is 5.69 Å². The molecule has 0 amide bonds. The first-order chi connectivity index (χ1) is 9.11. The van der Waals surface area contributed by atoms with Crippen LogP contribution in [0.3, 0.4) is 0 Å². The topological polar surface area (TPSA) is 39.1 Å². The Morgan fingerprint density at radius 2 is 2.16 bits per heavy atom. The number of halogens is 2. The highest BCUT2D eigenvalue weighted by atomic mass is 19.1. The van der Waals surface area contributed by atoms with Gasteiger partial charge in [0, 0.05) is 25.9 Å². The van der Waals surface area contributed by atoms with E-state index in [1.54, 1.807) is 20.2 Å². The molecule has 0 fully saturated rings. The van der Waals surface area contributed by atoms with E-state index in [9.17, 15) is 8.78 Å². The van der Waals surface area contributed by atoms with E-state index >= 15 is 0 Å². The van der Waals surface area contributed by atoms with E-state index in [4.69, 9.17) is 4.74 Å². The van der Waals surface area contributed by atoms with E-state index in [0.717, 1.165) is 18.2 Å². The molecule has 0 aliphatic rings. The summed E-state index contributed by atoms with van der Waals surface area (Å²) in [6, 6.07) is 3.32. The summed E-state index contributed by atoms with van der Waals surface area (Å²) in [7, 11) is 1.59. The standard InChI is InChI=1S/C13H15F2N3O/c1-9-8-18(13(17-9)16-5-6-19-2)12-7-10(14)3-4-11(12)15/h3-4,7-8H,5-6H2,1-2H3,(H,16,17). The van der Waals surface area contributed by atoms with Gasteiger partial charge in [-0.2, -0.15) is 0 Å². The molecule has 4 nitrogen and oxygen atoms in total. The second kappa shape index (κ2) is 5.79. The van der Waals surface area contributed by atoms with E-state index in [2.05, 4.69) is 10.3 Å². The molecule has 1 N–H and O–H groups in total. The third kappa shape index (κ3) is 3.08. The lowest BCUT2D eigenvalue weighted by atomic mass is 10.3. The van der Waals surface area contributed by atoms with Gasteiger partial charge in [-0.05, 0) is 19.1 Å². The number of hydrogen-bond acceptors (Lipinski definition) is 3. The smallest absolute Gasteiger partial charge is 0.207 e. The Hall–Kier alpha value is -1.95. The number of benzene rings is 1. The van der Waals surface area contributed by atoms with E-state index in [-0.39, 0.29) is 5.69 Å². The fourth-order valence-corrected chi connectivity index (χ4v) is 1.74. The van der Waals surface area contributed by atoms with Crippen molar-refractivity contribution in [1.82, 2.24) is 9.55 Å². The van der Waals surface area contributed by atoms with Crippen LogP contribution in [0.4, 0.5) is 14.7 Å². The van der Waals surface area contributed by atoms with Gasteiger partial charge in [0.15, 0.2) is 0 Å². The zero-order chi connectivity index (χ0) is 13.8. The Labute approximate surface area is 110 Å². The molecule has 0 saturated carbocycles. The first-order valence-electron chi connectivity index (χ1n) is 5.86. The summed E-state index contributed by atoms with van der Waals surface area (Å²) >= 11 is 0. The predicted molar refractivity (Wildman–Crippen MR) is 68.6 cm³/mol. The third-order valence-electron chi connectivity index (χ3n) is 2.58. The lowest BCUT2D eigenvalue weighted by Crippen LogP contribution is -2.12. The van der Waals surface area contributed by atoms with Gasteiger partial charge in [0.25, 0.3) is 0 Å². The fraction of sp³-hybridized carbons (Fsp3) is 0.308. The number of imidazole rings is 1. The van der Waals surface area contributed by atoms with Crippen LogP contribution in [0, 0.1) is 18.6 Å². The SMILES string of the molecule is COCCNc1nc(C)cn1-c1cc(F)ccc1F. The minimum absolute atomic E-state index is 0.125. The van der Waals surface area contributed by atoms with Crippen molar-refractivity contribution in [1.29, 1.82) is 0 Å². The van der Waals surface area contributed by atoms with Gasteiger partial charge in [-0.1, -0.05) is 0 Å². The average molecular weight is 267 g/mol. The van der Waals surface area contributed by atoms with Crippen molar-refractivity contribution in [2.45, 2.75) is 6.92 Å². The van der Waals surface area contributed by atoms with Crippen molar-refractivity contribution in [2.24, 2.45) is 0 Å². The van der Waals surface area contributed by atoms with Crippen molar-refractivity contribution >= 4 is 5.95 Å². The highest BCUT2D eigenvalue weighted by Gasteiger charge is 2.12. The first-order valence-corrected chi connectivity index (χ1v) is 5.86. The maximum atomic E-state index is 13.8. The van der Waals surface area contributed by atoms with E-state index in [1.165, 1.54) is 4.57 Å². The third-order valence-corrected chi connectivity index (χ3v) is 2.58. The normalized spacial score (nSPS) is 10.7. The second-order valence-corrected chi connectivity index (χ2v) is 4.09. The van der Waals surface area contributed by atoms with E-state index < -0.39 is 11.6 Å². The Bertz CT molecular complexity index is 569. The second-order valence-electron chi connectivity index (χ2n) is 4.09. The molecular formula is C13H15F2N3O. The summed E-state index contributed by atoms with van der Waals surface area (Å²) in [6.07, 6.45) is 1.65. The first kappa shape index (κ1) is 13.5. The molecule has 0 aliphatic carbocycles. The number of hydrogen-bond donors (Lipinski definition) is 1. The molecule has 0 saturated heterocycles. The lowest BCUT2D eigenvalue weighted by molar-refractivity contribution is 0.210. The molecule has 1 aromatic carbocycles. The van der Waals surface area contributed by atoms with E-state index in [1.807, 2.05) is 0 Å². The van der Waals surface area contributed by atoms with Crippen LogP contribution in [-0.4, -0.2) is 29.8 Å². The molecule has 2 rings (SSSR count). The number of aromatic nitrogens is 2. The Morgan fingerprint density at radius 1 is 1.37 bits per heavy atom. The van der Waals surface area contributed by atoms with Crippen molar-refractivity contribution in [3.63, 3.8) is 0 Å². The molecule has 0 radical (unpaired) electrons. The van der Waals surface area contributed by atoms with Crippen LogP contribution in [-0.2, 0) is 4.74 Å². The van der Waals surface area contributed by atoms with Gasteiger partial charge < -0.3 is 10.1 Å². The van der Waals surface area contributed by atoms with Crippen LogP contribution in [0.1, 0.15) is 5.69 Å². The maximum Gasteiger partial charge on any atom is 0.207 e. The Kier molecular flexibility index (Phi) is 4.11. The van der Waals surface area contributed by atoms with E-state index in [0.29, 0.717) is 24.8 Å². The molecule has 1 aromatic heterocycles. The monoisotopic (exact) mass is 267 g/mol. The summed E-state index contributed by atoms with van der Waals surface area (Å²) in [5.41, 5.74) is 0.837. The highest BCUT2D eigenvalue weighted by Crippen LogP contribution is 2.20. The molecule has 0 aliphatic heterocycles. The summed E-state index contributed by atoms with van der Waals surface area (Å²) in [4.78, 5) is 4.24. The van der Waals surface area contributed by atoms with Crippen LogP contribution in [0.25, 0.3) is 5.69 Å². The van der Waals surface area contributed by atoms with Crippen molar-refractivity contribution < 1.29 is 13.5 Å². The predicted octanol–water partition coefficient (Wildman–Crippen LogP) is 2.52. The maximum absolute atomic E-state index is 13.8. The highest BCUT2D eigenvalue weighted by molar-refractivity contribution is 5.44. The number of rotatable bonds is 5. The lowest BCUT2D eigenvalue weighted by Gasteiger charge is -2.10. The number of methoxy groups -OCH3 is 1. The zero-order valence-corrected chi connectivity index (χ0v) is 10.8. The average Bonchev–Trinajstić information content (AvgIpc) is 2.74. The molecule has 19 heavy (non-hydrogen) atoms. The summed E-state index contributed by atoms with van der Waals surface area (Å²) in [5.74, 6) is -0.543. The van der Waals surface area contributed by atoms with Gasteiger partial charge in [0.1, 0.15) is 11.6 Å². The van der Waals surface area contributed by atoms with Gasteiger partial charge in [0.2, 0.25) is 5.95 Å². The minimum atomic E-state index is -0.506. The molecule has 0 unspecified atom stereocenters. The Balaban J connectivity index is 2.35. The molecule has 2 aromatic rings. The van der Waals surface area contributed by atoms with Crippen LogP contribution >= 0.6 is 0 Å². The molecule has 0 atom stereocenters. The minimum Gasteiger partial charge on any atom is -0.383 e. The quantitative estimate of drug-likeness (QED) is 0.846. The van der Waals surface area contributed by atoms with Crippen LogP contribution in [0.5, 0.6) is 0 Å². The molecule has 6 heteroatoms. The molecule has 0 bridgehead atoms. The van der Waals surface area contributed by atoms with Crippen LogP contribution in [0.2, 0.25) is 0 Å². The van der Waals surface area contributed by atoms with Crippen molar-refractivity contribution in [3.05, 3.63) is 41.7 Å². The molecular weight excluding hydrogens is 252 g/mol. The molecule has 1 heterocycles. The van der Waals surface area contributed by atoms with Crippen LogP contribution in [0.15, 0.2) is 24.4 Å². The van der Waals surface area contributed by atoms with Crippen molar-refractivity contribution in [2.75, 3.05) is 25.6 Å². The van der Waals surface area contributed by atoms with Crippen LogP contribution < -0.4 is 5.32 Å². The summed E-state index contributed by atoms with van der Waals surface area (Å²) in [5, 5.41) is 3.02. The number of anilines is 1. The number of nitrogens with zero attached hydrogens (tertiary/aromatic N) is 2. The van der Waals surface area contributed by atoms with Gasteiger partial charge in [0.05, 0.1) is 18.0 Å². The van der Waals surface area contributed by atoms with Gasteiger partial charge in [-0.25, -0.2) is 13.8 Å². The largest absolute Gasteiger partial charge is 0.383 e. The summed E-state index contributed by atoms with van der Waals surface area (Å²) < 4.78 is 33.4.